The van der Waals surface area contributed by atoms with Crippen LogP contribution in [0.4, 0.5) is 0 Å². The summed E-state index contributed by atoms with van der Waals surface area (Å²) in [5.41, 5.74) is 5.86. The van der Waals surface area contributed by atoms with Crippen molar-refractivity contribution in [3.63, 3.8) is 0 Å². The first-order chi connectivity index (χ1) is 11.3. The Morgan fingerprint density at radius 2 is 2.17 bits per heavy atom. The van der Waals surface area contributed by atoms with E-state index in [-0.39, 0.29) is 24.2 Å². The van der Waals surface area contributed by atoms with Crippen molar-refractivity contribution in [1.82, 2.24) is 4.90 Å². The molecule has 0 unspecified atom stereocenters. The van der Waals surface area contributed by atoms with Gasteiger partial charge in [0.25, 0.3) is 0 Å². The van der Waals surface area contributed by atoms with Gasteiger partial charge in [-0.25, -0.2) is 8.42 Å². The van der Waals surface area contributed by atoms with Gasteiger partial charge in [-0.1, -0.05) is 23.7 Å². The lowest BCUT2D eigenvalue weighted by atomic mass is 10.1. The predicted molar refractivity (Wildman–Crippen MR) is 94.0 cm³/mol. The van der Waals surface area contributed by atoms with E-state index in [2.05, 4.69) is 0 Å². The van der Waals surface area contributed by atoms with Gasteiger partial charge in [-0.15, -0.1) is 0 Å². The highest BCUT2D eigenvalue weighted by molar-refractivity contribution is 7.90. The molecule has 2 atom stereocenters. The minimum absolute atomic E-state index is 0.0900. The fourth-order valence-electron chi connectivity index (χ4n) is 2.65. The number of benzene rings is 1. The third-order valence-electron chi connectivity index (χ3n) is 3.94. The Kier molecular flexibility index (Phi) is 6.48. The molecule has 0 aliphatic carbocycles. The molecule has 1 amide bonds. The van der Waals surface area contributed by atoms with Crippen molar-refractivity contribution in [2.45, 2.75) is 31.4 Å². The first kappa shape index (κ1) is 19.0. The summed E-state index contributed by atoms with van der Waals surface area (Å²) in [6, 6.07) is 6.41. The summed E-state index contributed by atoms with van der Waals surface area (Å²) >= 11 is 6.09. The summed E-state index contributed by atoms with van der Waals surface area (Å²) in [5.74, 6) is 0.277. The average Bonchev–Trinajstić information content (AvgIpc) is 2.53. The number of rotatable bonds is 6. The second-order valence-electron chi connectivity index (χ2n) is 6.12. The van der Waals surface area contributed by atoms with Gasteiger partial charge in [0.15, 0.2) is 0 Å². The largest absolute Gasteiger partial charge is 0.487 e. The number of ether oxygens (including phenoxy) is 1. The summed E-state index contributed by atoms with van der Waals surface area (Å²) in [5, 5.41) is 0.533. The minimum Gasteiger partial charge on any atom is -0.487 e. The fraction of sp³-hybridized carbons (Fsp3) is 0.562. The number of carbonyl (C=O) groups excluding carboxylic acids is 1. The number of piperidine rings is 1. The zero-order valence-electron chi connectivity index (χ0n) is 13.7. The third-order valence-corrected chi connectivity index (χ3v) is 5.23. The first-order valence-corrected chi connectivity index (χ1v) is 10.3. The van der Waals surface area contributed by atoms with E-state index in [4.69, 9.17) is 22.1 Å². The highest BCUT2D eigenvalue weighted by Gasteiger charge is 2.28. The smallest absolute Gasteiger partial charge is 0.239 e. The molecular weight excluding hydrogens is 352 g/mol. The van der Waals surface area contributed by atoms with E-state index in [1.54, 1.807) is 17.0 Å². The van der Waals surface area contributed by atoms with Crippen molar-refractivity contribution in [3.05, 3.63) is 29.3 Å². The molecule has 0 aromatic heterocycles. The second kappa shape index (κ2) is 8.18. The topological polar surface area (TPSA) is 89.7 Å². The van der Waals surface area contributed by atoms with Gasteiger partial charge in [0, 0.05) is 12.8 Å². The predicted octanol–water partition coefficient (Wildman–Crippen LogP) is 1.47. The summed E-state index contributed by atoms with van der Waals surface area (Å²) in [7, 11) is -3.13. The van der Waals surface area contributed by atoms with E-state index >= 15 is 0 Å². The van der Waals surface area contributed by atoms with Crippen molar-refractivity contribution in [3.8, 4) is 5.75 Å². The highest BCUT2D eigenvalue weighted by atomic mass is 35.5. The Morgan fingerprint density at radius 3 is 2.83 bits per heavy atom. The van der Waals surface area contributed by atoms with Gasteiger partial charge < -0.3 is 15.4 Å². The number of halogens is 1. The van der Waals surface area contributed by atoms with Crippen LogP contribution in [-0.4, -0.2) is 56.5 Å². The summed E-state index contributed by atoms with van der Waals surface area (Å²) in [6.07, 6.45) is 2.75. The average molecular weight is 375 g/mol. The monoisotopic (exact) mass is 374 g/mol. The Morgan fingerprint density at radius 1 is 1.46 bits per heavy atom. The van der Waals surface area contributed by atoms with Crippen LogP contribution in [0.1, 0.15) is 19.3 Å². The molecule has 2 N–H and O–H groups in total. The van der Waals surface area contributed by atoms with E-state index in [9.17, 15) is 13.2 Å². The number of hydrogen-bond acceptors (Lipinski definition) is 5. The Hall–Kier alpha value is -1.31. The molecule has 0 saturated carbocycles. The molecule has 24 heavy (non-hydrogen) atoms. The van der Waals surface area contributed by atoms with Crippen LogP contribution in [0, 0.1) is 0 Å². The van der Waals surface area contributed by atoms with Gasteiger partial charge in [0.2, 0.25) is 5.91 Å². The van der Waals surface area contributed by atoms with Crippen LogP contribution in [0.3, 0.4) is 0 Å². The summed E-state index contributed by atoms with van der Waals surface area (Å²) < 4.78 is 28.3. The standard InChI is InChI=1S/C16H23ClN2O4S/c1-24(21,22)10-8-14(18)16(20)19-9-4-5-12(11-19)23-15-7-3-2-6-13(15)17/h2-3,6-7,12,14H,4-5,8-11,18H2,1H3/t12-,14-/m1/s1. The molecule has 1 saturated heterocycles. The molecule has 8 heteroatoms. The molecule has 0 spiro atoms. The zero-order valence-corrected chi connectivity index (χ0v) is 15.2. The number of hydrogen-bond donors (Lipinski definition) is 1. The highest BCUT2D eigenvalue weighted by Crippen LogP contribution is 2.26. The molecule has 6 nitrogen and oxygen atoms in total. The molecule has 2 rings (SSSR count). The molecule has 0 bridgehead atoms. The van der Waals surface area contributed by atoms with Crippen molar-refractivity contribution < 1.29 is 17.9 Å². The molecule has 1 aromatic carbocycles. The molecule has 1 aromatic rings. The first-order valence-electron chi connectivity index (χ1n) is 7.89. The number of amides is 1. The van der Waals surface area contributed by atoms with Gasteiger partial charge in [-0.05, 0) is 31.4 Å². The number of nitrogens with two attached hydrogens (primary N) is 1. The normalized spacial score (nSPS) is 19.8. The van der Waals surface area contributed by atoms with Crippen molar-refractivity contribution >= 4 is 27.3 Å². The fourth-order valence-corrected chi connectivity index (χ4v) is 3.52. The van der Waals surface area contributed by atoms with Crippen molar-refractivity contribution in [2.75, 3.05) is 25.1 Å². The maximum Gasteiger partial charge on any atom is 0.239 e. The Labute approximate surface area is 147 Å². The SMILES string of the molecule is CS(=O)(=O)CC[C@@H](N)C(=O)N1CCC[C@@H](Oc2ccccc2Cl)C1. The Balaban J connectivity index is 1.92. The van der Waals surface area contributed by atoms with Gasteiger partial charge >= 0.3 is 0 Å². The Bertz CT molecular complexity index is 680. The van der Waals surface area contributed by atoms with Crippen LogP contribution in [0.2, 0.25) is 5.02 Å². The lowest BCUT2D eigenvalue weighted by molar-refractivity contribution is -0.135. The third kappa shape index (κ3) is 5.65. The van der Waals surface area contributed by atoms with Crippen LogP contribution in [-0.2, 0) is 14.6 Å². The molecule has 1 heterocycles. The number of para-hydroxylation sites is 1. The van der Waals surface area contributed by atoms with E-state index in [1.165, 1.54) is 0 Å². The van der Waals surface area contributed by atoms with E-state index in [1.807, 2.05) is 12.1 Å². The second-order valence-corrected chi connectivity index (χ2v) is 8.79. The number of likely N-dealkylation sites (tertiary alicyclic amines) is 1. The molecule has 1 aliphatic heterocycles. The number of nitrogens with zero attached hydrogens (tertiary/aromatic N) is 1. The van der Waals surface area contributed by atoms with Gasteiger partial charge in [-0.3, -0.25) is 4.79 Å². The summed E-state index contributed by atoms with van der Waals surface area (Å²) in [4.78, 5) is 14.1. The van der Waals surface area contributed by atoms with Crippen LogP contribution < -0.4 is 10.5 Å². The molecule has 134 valence electrons. The van der Waals surface area contributed by atoms with Gasteiger partial charge in [0.1, 0.15) is 21.7 Å². The van der Waals surface area contributed by atoms with Gasteiger partial charge in [-0.2, -0.15) is 0 Å². The number of sulfone groups is 1. The van der Waals surface area contributed by atoms with Crippen molar-refractivity contribution in [1.29, 1.82) is 0 Å². The van der Waals surface area contributed by atoms with E-state index in [0.717, 1.165) is 19.1 Å². The van der Waals surface area contributed by atoms with Crippen LogP contribution in [0.25, 0.3) is 0 Å². The summed E-state index contributed by atoms with van der Waals surface area (Å²) in [6.45, 7) is 1.03. The maximum atomic E-state index is 12.4. The minimum atomic E-state index is -3.13. The number of carbonyl (C=O) groups is 1. The van der Waals surface area contributed by atoms with Crippen LogP contribution in [0.15, 0.2) is 24.3 Å². The maximum absolute atomic E-state index is 12.4. The van der Waals surface area contributed by atoms with Crippen LogP contribution in [0.5, 0.6) is 5.75 Å². The van der Waals surface area contributed by atoms with Crippen LogP contribution >= 0.6 is 11.6 Å². The van der Waals surface area contributed by atoms with E-state index < -0.39 is 15.9 Å². The van der Waals surface area contributed by atoms with Gasteiger partial charge in [0.05, 0.1) is 23.4 Å². The van der Waals surface area contributed by atoms with E-state index in [0.29, 0.717) is 23.9 Å². The lowest BCUT2D eigenvalue weighted by Crippen LogP contribution is -2.50. The zero-order chi connectivity index (χ0) is 17.7. The molecular formula is C16H23ClN2O4S. The quantitative estimate of drug-likeness (QED) is 0.814. The molecule has 1 fully saturated rings. The van der Waals surface area contributed by atoms with Crippen molar-refractivity contribution in [2.24, 2.45) is 5.73 Å². The molecule has 0 radical (unpaired) electrons. The lowest BCUT2D eigenvalue weighted by Gasteiger charge is -2.34. The molecule has 1 aliphatic rings.